The van der Waals surface area contributed by atoms with Crippen LogP contribution in [0.5, 0.6) is 0 Å². The Morgan fingerprint density at radius 2 is 1.88 bits per heavy atom. The SMILES string of the molecule is O=C(N[C@@H]1C[C@H](O)C[C@H]1O)c1ccc2c(ccn2Cc2ccccc2)c1. The average Bonchev–Trinajstić information content (AvgIpc) is 3.18. The number of aliphatic hydroxyl groups is 2. The molecule has 5 heteroatoms. The molecule has 134 valence electrons. The maximum atomic E-state index is 12.5. The summed E-state index contributed by atoms with van der Waals surface area (Å²) in [5, 5.41) is 23.3. The van der Waals surface area contributed by atoms with Gasteiger partial charge in [0.2, 0.25) is 0 Å². The number of amides is 1. The first-order valence-corrected chi connectivity index (χ1v) is 8.90. The Labute approximate surface area is 151 Å². The lowest BCUT2D eigenvalue weighted by molar-refractivity contribution is 0.0870. The largest absolute Gasteiger partial charge is 0.393 e. The lowest BCUT2D eigenvalue weighted by Crippen LogP contribution is -2.39. The van der Waals surface area contributed by atoms with Gasteiger partial charge in [-0.25, -0.2) is 0 Å². The molecule has 0 bridgehead atoms. The smallest absolute Gasteiger partial charge is 0.251 e. The molecule has 0 aliphatic heterocycles. The number of aromatic nitrogens is 1. The molecular weight excluding hydrogens is 328 g/mol. The molecule has 5 nitrogen and oxygen atoms in total. The van der Waals surface area contributed by atoms with Crippen molar-refractivity contribution in [2.75, 3.05) is 0 Å². The van der Waals surface area contributed by atoms with E-state index in [-0.39, 0.29) is 5.91 Å². The van der Waals surface area contributed by atoms with E-state index in [1.165, 1.54) is 5.56 Å². The van der Waals surface area contributed by atoms with Gasteiger partial charge in [0.05, 0.1) is 18.2 Å². The van der Waals surface area contributed by atoms with Crippen LogP contribution in [-0.2, 0) is 6.54 Å². The van der Waals surface area contributed by atoms with Crippen LogP contribution in [0.4, 0.5) is 0 Å². The first kappa shape index (κ1) is 16.8. The Balaban J connectivity index is 1.52. The van der Waals surface area contributed by atoms with Gasteiger partial charge in [0.25, 0.3) is 5.91 Å². The Morgan fingerprint density at radius 3 is 2.62 bits per heavy atom. The Morgan fingerprint density at radius 1 is 1.08 bits per heavy atom. The molecule has 1 amide bonds. The number of nitrogens with zero attached hydrogens (tertiary/aromatic N) is 1. The van der Waals surface area contributed by atoms with E-state index >= 15 is 0 Å². The first-order chi connectivity index (χ1) is 12.6. The fourth-order valence-corrected chi connectivity index (χ4v) is 3.66. The molecule has 0 radical (unpaired) electrons. The van der Waals surface area contributed by atoms with E-state index in [9.17, 15) is 15.0 Å². The number of fused-ring (bicyclic) bond motifs is 1. The number of carbonyl (C=O) groups is 1. The van der Waals surface area contributed by atoms with Crippen molar-refractivity contribution in [3.63, 3.8) is 0 Å². The first-order valence-electron chi connectivity index (χ1n) is 8.90. The van der Waals surface area contributed by atoms with Crippen LogP contribution < -0.4 is 5.32 Å². The average molecular weight is 350 g/mol. The van der Waals surface area contributed by atoms with Gasteiger partial charge in [-0.2, -0.15) is 0 Å². The van der Waals surface area contributed by atoms with Crippen molar-refractivity contribution in [1.29, 1.82) is 0 Å². The highest BCUT2D eigenvalue weighted by atomic mass is 16.3. The monoisotopic (exact) mass is 350 g/mol. The summed E-state index contributed by atoms with van der Waals surface area (Å²) in [5.74, 6) is -0.221. The van der Waals surface area contributed by atoms with Gasteiger partial charge in [-0.3, -0.25) is 4.79 Å². The highest BCUT2D eigenvalue weighted by molar-refractivity contribution is 5.98. The Kier molecular flexibility index (Phi) is 4.49. The second-order valence-corrected chi connectivity index (χ2v) is 6.98. The van der Waals surface area contributed by atoms with Crippen LogP contribution in [0.15, 0.2) is 60.8 Å². The van der Waals surface area contributed by atoms with Crippen LogP contribution in [0.3, 0.4) is 0 Å². The zero-order valence-electron chi connectivity index (χ0n) is 14.4. The van der Waals surface area contributed by atoms with Crippen LogP contribution in [0.2, 0.25) is 0 Å². The number of benzene rings is 2. The number of hydrogen-bond acceptors (Lipinski definition) is 3. The van der Waals surface area contributed by atoms with Crippen molar-refractivity contribution >= 4 is 16.8 Å². The number of rotatable bonds is 4. The summed E-state index contributed by atoms with van der Waals surface area (Å²) >= 11 is 0. The fraction of sp³-hybridized carbons (Fsp3) is 0.286. The van der Waals surface area contributed by atoms with Crippen molar-refractivity contribution < 1.29 is 15.0 Å². The molecule has 1 fully saturated rings. The molecule has 1 heterocycles. The quantitative estimate of drug-likeness (QED) is 0.676. The summed E-state index contributed by atoms with van der Waals surface area (Å²) in [6.45, 7) is 0.780. The lowest BCUT2D eigenvalue weighted by atomic mass is 10.1. The van der Waals surface area contributed by atoms with Gasteiger partial charge in [-0.05, 0) is 36.2 Å². The summed E-state index contributed by atoms with van der Waals surface area (Å²) in [5.41, 5.74) is 2.85. The van der Waals surface area contributed by atoms with Crippen molar-refractivity contribution in [3.05, 3.63) is 71.9 Å². The van der Waals surface area contributed by atoms with E-state index in [0.29, 0.717) is 18.4 Å². The van der Waals surface area contributed by atoms with Gasteiger partial charge in [0.1, 0.15) is 0 Å². The molecule has 3 aromatic rings. The van der Waals surface area contributed by atoms with Crippen molar-refractivity contribution in [2.24, 2.45) is 0 Å². The highest BCUT2D eigenvalue weighted by Crippen LogP contribution is 2.22. The molecule has 1 aliphatic rings. The summed E-state index contributed by atoms with van der Waals surface area (Å²) in [7, 11) is 0. The maximum absolute atomic E-state index is 12.5. The summed E-state index contributed by atoms with van der Waals surface area (Å²) in [6, 6.07) is 17.5. The minimum absolute atomic E-state index is 0.221. The van der Waals surface area contributed by atoms with Gasteiger partial charge < -0.3 is 20.1 Å². The third kappa shape index (κ3) is 3.36. The molecule has 0 unspecified atom stereocenters. The summed E-state index contributed by atoms with van der Waals surface area (Å²) < 4.78 is 2.16. The van der Waals surface area contributed by atoms with Crippen LogP contribution in [0, 0.1) is 0 Å². The van der Waals surface area contributed by atoms with Crippen molar-refractivity contribution in [1.82, 2.24) is 9.88 Å². The molecule has 4 rings (SSSR count). The van der Waals surface area contributed by atoms with Crippen molar-refractivity contribution in [3.8, 4) is 0 Å². The van der Waals surface area contributed by atoms with E-state index in [0.717, 1.165) is 17.4 Å². The third-order valence-electron chi connectivity index (χ3n) is 5.05. The van der Waals surface area contributed by atoms with E-state index in [1.807, 2.05) is 42.6 Å². The number of carbonyl (C=O) groups excluding carboxylic acids is 1. The number of aliphatic hydroxyl groups excluding tert-OH is 2. The normalized spacial score (nSPS) is 22.6. The number of hydrogen-bond donors (Lipinski definition) is 3. The predicted molar refractivity (Wildman–Crippen MR) is 100.0 cm³/mol. The molecule has 26 heavy (non-hydrogen) atoms. The molecule has 0 spiro atoms. The number of nitrogens with one attached hydrogen (secondary N) is 1. The zero-order valence-corrected chi connectivity index (χ0v) is 14.4. The molecule has 1 aliphatic carbocycles. The Hall–Kier alpha value is -2.63. The van der Waals surface area contributed by atoms with Gasteiger partial charge in [0, 0.05) is 35.6 Å². The van der Waals surface area contributed by atoms with Crippen LogP contribution in [0.25, 0.3) is 10.9 Å². The van der Waals surface area contributed by atoms with Crippen LogP contribution >= 0.6 is 0 Å². The molecule has 1 aromatic heterocycles. The van der Waals surface area contributed by atoms with Crippen LogP contribution in [0.1, 0.15) is 28.8 Å². The van der Waals surface area contributed by atoms with E-state index in [4.69, 9.17) is 0 Å². The Bertz CT molecular complexity index is 919. The minimum atomic E-state index is -0.690. The van der Waals surface area contributed by atoms with Gasteiger partial charge in [-0.15, -0.1) is 0 Å². The predicted octanol–water partition coefficient (Wildman–Crippen LogP) is 2.30. The fourth-order valence-electron chi connectivity index (χ4n) is 3.66. The topological polar surface area (TPSA) is 74.5 Å². The van der Waals surface area contributed by atoms with Crippen molar-refractivity contribution in [2.45, 2.75) is 37.6 Å². The molecule has 3 N–H and O–H groups in total. The zero-order chi connectivity index (χ0) is 18.1. The lowest BCUT2D eigenvalue weighted by Gasteiger charge is -2.16. The molecule has 1 saturated carbocycles. The summed E-state index contributed by atoms with van der Waals surface area (Å²) in [6.07, 6.45) is 1.49. The summed E-state index contributed by atoms with van der Waals surface area (Å²) in [4.78, 5) is 12.5. The molecule has 0 saturated heterocycles. The molecule has 2 aromatic carbocycles. The van der Waals surface area contributed by atoms with Gasteiger partial charge in [0.15, 0.2) is 0 Å². The van der Waals surface area contributed by atoms with E-state index in [2.05, 4.69) is 22.0 Å². The van der Waals surface area contributed by atoms with Crippen LogP contribution in [-0.4, -0.2) is 38.9 Å². The third-order valence-corrected chi connectivity index (χ3v) is 5.05. The second kappa shape index (κ2) is 6.94. The molecular formula is C21H22N2O3. The van der Waals surface area contributed by atoms with Gasteiger partial charge >= 0.3 is 0 Å². The standard InChI is InChI=1S/C21H22N2O3/c24-17-11-18(20(25)12-17)22-21(26)16-6-7-19-15(10-16)8-9-23(19)13-14-4-2-1-3-5-14/h1-10,17-18,20,24-25H,11-13H2,(H,22,26)/t17-,18+,20+/m0/s1. The van der Waals surface area contributed by atoms with Gasteiger partial charge in [-0.1, -0.05) is 30.3 Å². The van der Waals surface area contributed by atoms with E-state index in [1.54, 1.807) is 6.07 Å². The molecule has 3 atom stereocenters. The highest BCUT2D eigenvalue weighted by Gasteiger charge is 2.32. The second-order valence-electron chi connectivity index (χ2n) is 6.98. The van der Waals surface area contributed by atoms with E-state index < -0.39 is 18.2 Å². The minimum Gasteiger partial charge on any atom is -0.393 e. The maximum Gasteiger partial charge on any atom is 0.251 e.